The summed E-state index contributed by atoms with van der Waals surface area (Å²) < 4.78 is 5.40. The lowest BCUT2D eigenvalue weighted by Gasteiger charge is -2.37. The lowest BCUT2D eigenvalue weighted by atomic mass is 9.98. The molecule has 3 heterocycles. The van der Waals surface area contributed by atoms with Crippen LogP contribution >= 0.6 is 0 Å². The van der Waals surface area contributed by atoms with Gasteiger partial charge in [0, 0.05) is 51.5 Å². The Hall–Kier alpha value is -2.73. The van der Waals surface area contributed by atoms with Crippen molar-refractivity contribution in [3.05, 3.63) is 65.5 Å². The second-order valence-corrected chi connectivity index (χ2v) is 6.72. The molecule has 1 saturated heterocycles. The van der Waals surface area contributed by atoms with Gasteiger partial charge in [0.25, 0.3) is 5.91 Å². The average molecular weight is 351 g/mol. The van der Waals surface area contributed by atoms with Crippen molar-refractivity contribution in [1.29, 1.82) is 0 Å². The van der Waals surface area contributed by atoms with Gasteiger partial charge in [-0.15, -0.1) is 0 Å². The maximum atomic E-state index is 12.8. The second-order valence-electron chi connectivity index (χ2n) is 6.72. The van der Waals surface area contributed by atoms with Gasteiger partial charge in [0.1, 0.15) is 0 Å². The first-order valence-electron chi connectivity index (χ1n) is 8.89. The number of benzene rings is 1. The summed E-state index contributed by atoms with van der Waals surface area (Å²) in [4.78, 5) is 33.2. The first-order valence-corrected chi connectivity index (χ1v) is 8.89. The molecule has 4 rings (SSSR count). The molecule has 0 N–H and O–H groups in total. The summed E-state index contributed by atoms with van der Waals surface area (Å²) in [7, 11) is 0. The van der Waals surface area contributed by atoms with Crippen molar-refractivity contribution in [1.82, 2.24) is 14.8 Å². The second kappa shape index (κ2) is 7.25. The Labute approximate surface area is 152 Å². The Morgan fingerprint density at radius 1 is 1.12 bits per heavy atom. The summed E-state index contributed by atoms with van der Waals surface area (Å²) in [5.74, 6) is -0.491. The molecule has 1 aromatic carbocycles. The van der Waals surface area contributed by atoms with E-state index in [9.17, 15) is 9.59 Å². The van der Waals surface area contributed by atoms with E-state index in [2.05, 4.69) is 16.0 Å². The molecule has 1 fully saturated rings. The number of carbonyl (C=O) groups is 2. The average Bonchev–Trinajstić information content (AvgIpc) is 2.69. The number of hydrogen-bond donors (Lipinski definition) is 0. The van der Waals surface area contributed by atoms with Crippen molar-refractivity contribution < 1.29 is 14.3 Å². The fourth-order valence-corrected chi connectivity index (χ4v) is 3.55. The molecular formula is C20H21N3O3. The molecule has 0 aliphatic carbocycles. The van der Waals surface area contributed by atoms with Crippen LogP contribution < -0.4 is 0 Å². The van der Waals surface area contributed by atoms with Gasteiger partial charge in [0.15, 0.2) is 6.10 Å². The predicted molar refractivity (Wildman–Crippen MR) is 95.4 cm³/mol. The number of carbonyl (C=O) groups excluding carboxylic acids is 2. The molecule has 2 aromatic rings. The predicted octanol–water partition coefficient (Wildman–Crippen LogP) is 1.51. The maximum absolute atomic E-state index is 12.8. The van der Waals surface area contributed by atoms with Crippen LogP contribution in [-0.2, 0) is 22.5 Å². The van der Waals surface area contributed by atoms with Crippen LogP contribution in [0.4, 0.5) is 0 Å². The molecule has 134 valence electrons. The zero-order chi connectivity index (χ0) is 17.9. The Balaban J connectivity index is 1.35. The zero-order valence-electron chi connectivity index (χ0n) is 14.5. The first-order chi connectivity index (χ1) is 12.7. The smallest absolute Gasteiger partial charge is 0.339 e. The molecule has 1 aromatic heterocycles. The third kappa shape index (κ3) is 3.46. The van der Waals surface area contributed by atoms with Crippen LogP contribution in [-0.4, -0.2) is 58.9 Å². The van der Waals surface area contributed by atoms with Gasteiger partial charge in [-0.2, -0.15) is 0 Å². The molecule has 0 bridgehead atoms. The number of pyridine rings is 1. The van der Waals surface area contributed by atoms with Gasteiger partial charge in [0.05, 0.1) is 5.56 Å². The van der Waals surface area contributed by atoms with Crippen molar-refractivity contribution in [3.8, 4) is 0 Å². The molecule has 1 atom stereocenters. The Bertz CT molecular complexity index is 801. The monoisotopic (exact) mass is 351 g/mol. The van der Waals surface area contributed by atoms with Crippen LogP contribution in [0.3, 0.4) is 0 Å². The lowest BCUT2D eigenvalue weighted by molar-refractivity contribution is -0.142. The third-order valence-electron chi connectivity index (χ3n) is 4.98. The lowest BCUT2D eigenvalue weighted by Crippen LogP contribution is -2.52. The number of nitrogens with zero attached hydrogens (tertiary/aromatic N) is 3. The van der Waals surface area contributed by atoms with Gasteiger partial charge in [-0.05, 0) is 23.3 Å². The molecule has 0 spiro atoms. The molecule has 2 aliphatic heterocycles. The van der Waals surface area contributed by atoms with Crippen molar-refractivity contribution in [2.45, 2.75) is 19.1 Å². The summed E-state index contributed by atoms with van der Waals surface area (Å²) >= 11 is 0. The zero-order valence-corrected chi connectivity index (χ0v) is 14.5. The highest BCUT2D eigenvalue weighted by Crippen LogP contribution is 2.22. The molecule has 6 nitrogen and oxygen atoms in total. The van der Waals surface area contributed by atoms with Gasteiger partial charge in [0.2, 0.25) is 0 Å². The van der Waals surface area contributed by atoms with E-state index in [0.29, 0.717) is 25.1 Å². The highest BCUT2D eigenvalue weighted by Gasteiger charge is 2.34. The number of fused-ring (bicyclic) bond motifs is 1. The minimum atomic E-state index is -0.706. The largest absolute Gasteiger partial charge is 0.448 e. The van der Waals surface area contributed by atoms with Crippen LogP contribution in [0.15, 0.2) is 48.8 Å². The highest BCUT2D eigenvalue weighted by atomic mass is 16.5. The molecule has 0 radical (unpaired) electrons. The van der Waals surface area contributed by atoms with Gasteiger partial charge < -0.3 is 9.64 Å². The number of hydrogen-bond acceptors (Lipinski definition) is 5. The summed E-state index contributed by atoms with van der Waals surface area (Å²) in [5.41, 5.74) is 2.63. The highest BCUT2D eigenvalue weighted by molar-refractivity contribution is 5.95. The molecule has 1 amide bonds. The summed E-state index contributed by atoms with van der Waals surface area (Å²) in [6, 6.07) is 11.3. The molecule has 6 heteroatoms. The van der Waals surface area contributed by atoms with Gasteiger partial charge >= 0.3 is 5.97 Å². The van der Waals surface area contributed by atoms with Gasteiger partial charge in [-0.3, -0.25) is 14.7 Å². The number of cyclic esters (lactones) is 1. The van der Waals surface area contributed by atoms with E-state index in [0.717, 1.165) is 25.2 Å². The molecule has 2 aliphatic rings. The molecule has 0 saturated carbocycles. The fraction of sp³-hybridized carbons (Fsp3) is 0.350. The minimum Gasteiger partial charge on any atom is -0.448 e. The third-order valence-corrected chi connectivity index (χ3v) is 4.98. The fourth-order valence-electron chi connectivity index (χ4n) is 3.55. The topological polar surface area (TPSA) is 62.7 Å². The van der Waals surface area contributed by atoms with Crippen molar-refractivity contribution in [2.24, 2.45) is 0 Å². The van der Waals surface area contributed by atoms with E-state index in [1.807, 2.05) is 35.4 Å². The molecular weight excluding hydrogens is 330 g/mol. The number of piperazine rings is 1. The van der Waals surface area contributed by atoms with E-state index in [1.165, 1.54) is 5.56 Å². The first kappa shape index (κ1) is 16.7. The van der Waals surface area contributed by atoms with E-state index in [1.54, 1.807) is 12.3 Å². The summed E-state index contributed by atoms with van der Waals surface area (Å²) in [6.07, 6.45) is 3.39. The van der Waals surface area contributed by atoms with Gasteiger partial charge in [-0.1, -0.05) is 24.3 Å². The molecule has 26 heavy (non-hydrogen) atoms. The van der Waals surface area contributed by atoms with Crippen molar-refractivity contribution in [3.63, 3.8) is 0 Å². The Morgan fingerprint density at radius 3 is 2.69 bits per heavy atom. The van der Waals surface area contributed by atoms with Crippen LogP contribution in [0.5, 0.6) is 0 Å². The maximum Gasteiger partial charge on any atom is 0.339 e. The van der Waals surface area contributed by atoms with E-state index >= 15 is 0 Å². The molecule has 1 unspecified atom stereocenters. The van der Waals surface area contributed by atoms with Crippen molar-refractivity contribution >= 4 is 11.9 Å². The van der Waals surface area contributed by atoms with Crippen LogP contribution in [0, 0.1) is 0 Å². The SMILES string of the molecule is O=C1OC(C(=O)N2CCN(Cc3cccnc3)CC2)Cc2ccccc21. The van der Waals surface area contributed by atoms with E-state index < -0.39 is 12.1 Å². The number of aromatic nitrogens is 1. The van der Waals surface area contributed by atoms with E-state index in [4.69, 9.17) is 4.74 Å². The minimum absolute atomic E-state index is 0.0890. The van der Waals surface area contributed by atoms with Crippen LogP contribution in [0.25, 0.3) is 0 Å². The van der Waals surface area contributed by atoms with Crippen molar-refractivity contribution in [2.75, 3.05) is 26.2 Å². The Kier molecular flexibility index (Phi) is 4.67. The number of ether oxygens (including phenoxy) is 1. The van der Waals surface area contributed by atoms with Gasteiger partial charge in [-0.25, -0.2) is 4.79 Å². The number of rotatable bonds is 3. The Morgan fingerprint density at radius 2 is 1.92 bits per heavy atom. The van der Waals surface area contributed by atoms with Crippen LogP contribution in [0.1, 0.15) is 21.5 Å². The number of esters is 1. The summed E-state index contributed by atoms with van der Waals surface area (Å²) in [5, 5.41) is 0. The number of amides is 1. The quantitative estimate of drug-likeness (QED) is 0.785. The normalized spacial score (nSPS) is 20.4. The van der Waals surface area contributed by atoms with Crippen LogP contribution in [0.2, 0.25) is 0 Å². The summed E-state index contributed by atoms with van der Waals surface area (Å²) in [6.45, 7) is 3.74. The standard InChI is InChI=1S/C20H21N3O3/c24-19(18-12-16-5-1-2-6-17(16)20(25)26-18)23-10-8-22(9-11-23)14-15-4-3-7-21-13-15/h1-7,13,18H,8-12,14H2. The van der Waals surface area contributed by atoms with E-state index in [-0.39, 0.29) is 5.91 Å².